The van der Waals surface area contributed by atoms with Gasteiger partial charge in [0.1, 0.15) is 17.3 Å². The lowest BCUT2D eigenvalue weighted by molar-refractivity contribution is -0.138. The van der Waals surface area contributed by atoms with E-state index in [2.05, 4.69) is 0 Å². The number of ether oxygens (including phenoxy) is 1. The second-order valence-corrected chi connectivity index (χ2v) is 8.94. The maximum absolute atomic E-state index is 13.8. The maximum atomic E-state index is 13.8. The van der Waals surface area contributed by atoms with Crippen LogP contribution in [0.2, 0.25) is 0 Å². The molecule has 3 heterocycles. The Labute approximate surface area is 203 Å². The number of thiazole rings is 1. The molecule has 35 heavy (non-hydrogen) atoms. The Balaban J connectivity index is 1.83. The van der Waals surface area contributed by atoms with Gasteiger partial charge in [-0.3, -0.25) is 9.36 Å². The first-order valence-electron chi connectivity index (χ1n) is 11.1. The van der Waals surface area contributed by atoms with Gasteiger partial charge in [0.2, 0.25) is 0 Å². The lowest BCUT2D eigenvalue weighted by Crippen LogP contribution is -2.40. The average Bonchev–Trinajstić information content (AvgIpc) is 3.41. The van der Waals surface area contributed by atoms with Crippen LogP contribution in [0.4, 0.5) is 4.39 Å². The SMILES string of the molecule is CCOC(=O)C1=C(c2ccccc2)N=c2sc(=Cc3ccc(C)o3)c(=O)n2[C@@H]1c1ccc(F)cc1. The van der Waals surface area contributed by atoms with Crippen molar-refractivity contribution in [3.63, 3.8) is 0 Å². The van der Waals surface area contributed by atoms with E-state index >= 15 is 0 Å². The molecule has 0 bridgehead atoms. The fourth-order valence-corrected chi connectivity index (χ4v) is 5.04. The molecule has 1 aliphatic rings. The Morgan fingerprint density at radius 2 is 1.89 bits per heavy atom. The molecule has 0 saturated heterocycles. The molecule has 4 aromatic rings. The summed E-state index contributed by atoms with van der Waals surface area (Å²) in [6.07, 6.45) is 1.66. The second kappa shape index (κ2) is 9.31. The van der Waals surface area contributed by atoms with Gasteiger partial charge in [0.15, 0.2) is 4.80 Å². The minimum absolute atomic E-state index is 0.156. The van der Waals surface area contributed by atoms with E-state index in [-0.39, 0.29) is 17.7 Å². The molecule has 5 rings (SSSR count). The molecule has 0 saturated carbocycles. The van der Waals surface area contributed by atoms with Crippen LogP contribution in [0, 0.1) is 12.7 Å². The molecule has 0 N–H and O–H groups in total. The summed E-state index contributed by atoms with van der Waals surface area (Å²) in [6.45, 7) is 3.70. The van der Waals surface area contributed by atoms with Crippen molar-refractivity contribution in [3.8, 4) is 0 Å². The first kappa shape index (κ1) is 22.7. The van der Waals surface area contributed by atoms with Crippen LogP contribution in [0.15, 0.2) is 86.5 Å². The molecule has 0 aliphatic carbocycles. The van der Waals surface area contributed by atoms with E-state index in [0.29, 0.717) is 31.9 Å². The van der Waals surface area contributed by atoms with Crippen LogP contribution in [0.3, 0.4) is 0 Å². The number of carbonyl (C=O) groups excluding carboxylic acids is 1. The van der Waals surface area contributed by atoms with Crippen molar-refractivity contribution >= 4 is 29.1 Å². The number of furan rings is 1. The number of esters is 1. The van der Waals surface area contributed by atoms with Crippen LogP contribution in [0.25, 0.3) is 11.8 Å². The first-order valence-corrected chi connectivity index (χ1v) is 11.9. The predicted molar refractivity (Wildman–Crippen MR) is 131 cm³/mol. The number of fused-ring (bicyclic) bond motifs is 1. The molecule has 0 unspecified atom stereocenters. The molecular formula is C27H21FN2O4S. The highest BCUT2D eigenvalue weighted by atomic mass is 32.1. The van der Waals surface area contributed by atoms with Crippen molar-refractivity contribution < 1.29 is 18.3 Å². The molecule has 1 aliphatic heterocycles. The molecular weight excluding hydrogens is 467 g/mol. The molecule has 0 radical (unpaired) electrons. The van der Waals surface area contributed by atoms with Crippen molar-refractivity contribution in [1.82, 2.24) is 4.57 Å². The van der Waals surface area contributed by atoms with Crippen molar-refractivity contribution in [1.29, 1.82) is 0 Å². The zero-order valence-corrected chi connectivity index (χ0v) is 19.8. The lowest BCUT2D eigenvalue weighted by Gasteiger charge is -2.25. The van der Waals surface area contributed by atoms with Crippen LogP contribution in [0.1, 0.15) is 35.6 Å². The van der Waals surface area contributed by atoms with Crippen molar-refractivity contribution in [2.75, 3.05) is 6.61 Å². The third kappa shape index (κ3) is 4.28. The third-order valence-corrected chi connectivity index (χ3v) is 6.58. The molecule has 1 atom stereocenters. The Bertz CT molecular complexity index is 1610. The largest absolute Gasteiger partial charge is 0.463 e. The van der Waals surface area contributed by atoms with Gasteiger partial charge in [0.05, 0.1) is 28.5 Å². The lowest BCUT2D eigenvalue weighted by atomic mass is 9.93. The van der Waals surface area contributed by atoms with E-state index in [1.54, 1.807) is 31.2 Å². The highest BCUT2D eigenvalue weighted by molar-refractivity contribution is 7.07. The van der Waals surface area contributed by atoms with Gasteiger partial charge in [-0.2, -0.15) is 0 Å². The highest BCUT2D eigenvalue weighted by Crippen LogP contribution is 2.35. The minimum atomic E-state index is -0.846. The van der Waals surface area contributed by atoms with Crippen LogP contribution in [-0.2, 0) is 9.53 Å². The van der Waals surface area contributed by atoms with Gasteiger partial charge in [0, 0.05) is 11.6 Å². The van der Waals surface area contributed by atoms with Crippen LogP contribution >= 0.6 is 11.3 Å². The number of nitrogens with zero attached hydrogens (tertiary/aromatic N) is 2. The van der Waals surface area contributed by atoms with Gasteiger partial charge in [0.25, 0.3) is 5.56 Å². The molecule has 0 fully saturated rings. The summed E-state index contributed by atoms with van der Waals surface area (Å²) in [6, 6.07) is 17.8. The van der Waals surface area contributed by atoms with Crippen LogP contribution < -0.4 is 14.9 Å². The van der Waals surface area contributed by atoms with E-state index in [4.69, 9.17) is 14.1 Å². The number of halogens is 1. The molecule has 0 spiro atoms. The Morgan fingerprint density at radius 3 is 2.54 bits per heavy atom. The number of hydrogen-bond acceptors (Lipinski definition) is 6. The Kier molecular flexibility index (Phi) is 6.05. The summed E-state index contributed by atoms with van der Waals surface area (Å²) in [5.74, 6) is 0.267. The number of aryl methyl sites for hydroxylation is 1. The van der Waals surface area contributed by atoms with Gasteiger partial charge >= 0.3 is 5.97 Å². The fraction of sp³-hybridized carbons (Fsp3) is 0.148. The summed E-state index contributed by atoms with van der Waals surface area (Å²) in [5, 5.41) is 0. The summed E-state index contributed by atoms with van der Waals surface area (Å²) < 4.78 is 26.7. The fourth-order valence-electron chi connectivity index (χ4n) is 4.06. The Morgan fingerprint density at radius 1 is 1.14 bits per heavy atom. The van der Waals surface area contributed by atoms with Gasteiger partial charge in [-0.05, 0) is 43.7 Å². The summed E-state index contributed by atoms with van der Waals surface area (Å²) in [5.41, 5.74) is 1.59. The monoisotopic (exact) mass is 488 g/mol. The third-order valence-electron chi connectivity index (χ3n) is 5.59. The molecule has 2 aromatic carbocycles. The van der Waals surface area contributed by atoms with Crippen molar-refractivity contribution in [2.24, 2.45) is 4.99 Å². The van der Waals surface area contributed by atoms with Gasteiger partial charge < -0.3 is 9.15 Å². The number of benzene rings is 2. The summed E-state index contributed by atoms with van der Waals surface area (Å²) in [7, 11) is 0. The van der Waals surface area contributed by atoms with Gasteiger partial charge in [-0.15, -0.1) is 0 Å². The summed E-state index contributed by atoms with van der Waals surface area (Å²) in [4.78, 5) is 32.1. The van der Waals surface area contributed by atoms with Crippen LogP contribution in [0.5, 0.6) is 0 Å². The average molecular weight is 489 g/mol. The maximum Gasteiger partial charge on any atom is 0.338 e. The van der Waals surface area contributed by atoms with Crippen LogP contribution in [-0.4, -0.2) is 17.1 Å². The van der Waals surface area contributed by atoms with Gasteiger partial charge in [-0.1, -0.05) is 53.8 Å². The molecule has 176 valence electrons. The van der Waals surface area contributed by atoms with Crippen molar-refractivity contribution in [3.05, 3.63) is 120 Å². The molecule has 6 nitrogen and oxygen atoms in total. The topological polar surface area (TPSA) is 73.8 Å². The highest BCUT2D eigenvalue weighted by Gasteiger charge is 2.35. The van der Waals surface area contributed by atoms with E-state index in [1.807, 2.05) is 43.3 Å². The normalized spacial score (nSPS) is 15.6. The number of carbonyl (C=O) groups is 1. The molecule has 8 heteroatoms. The smallest absolute Gasteiger partial charge is 0.338 e. The second-order valence-electron chi connectivity index (χ2n) is 7.93. The Hall–Kier alpha value is -4.04. The zero-order chi connectivity index (χ0) is 24.5. The minimum Gasteiger partial charge on any atom is -0.463 e. The standard InChI is InChI=1S/C27H21FN2O4S/c1-3-33-26(32)22-23(17-7-5-4-6-8-17)29-27-30(24(22)18-10-12-19(28)13-11-18)25(31)21(35-27)15-20-14-9-16(2)34-20/h4-15,24H,3H2,1-2H3/t24-/m1/s1. The van der Waals surface area contributed by atoms with E-state index < -0.39 is 17.8 Å². The van der Waals surface area contributed by atoms with E-state index in [0.717, 1.165) is 5.76 Å². The predicted octanol–water partition coefficient (Wildman–Crippen LogP) is 3.98. The van der Waals surface area contributed by atoms with E-state index in [1.165, 1.54) is 28.0 Å². The number of rotatable bonds is 5. The number of aromatic nitrogens is 1. The summed E-state index contributed by atoms with van der Waals surface area (Å²) >= 11 is 1.20. The number of hydrogen-bond donors (Lipinski definition) is 0. The quantitative estimate of drug-likeness (QED) is 0.399. The van der Waals surface area contributed by atoms with Crippen molar-refractivity contribution in [2.45, 2.75) is 19.9 Å². The van der Waals surface area contributed by atoms with Gasteiger partial charge in [-0.25, -0.2) is 14.2 Å². The van der Waals surface area contributed by atoms with E-state index in [9.17, 15) is 14.0 Å². The zero-order valence-electron chi connectivity index (χ0n) is 19.0. The molecule has 0 amide bonds. The first-order chi connectivity index (χ1) is 17.0. The molecule has 2 aromatic heterocycles.